The predicted molar refractivity (Wildman–Crippen MR) is 139 cm³/mol. The summed E-state index contributed by atoms with van der Waals surface area (Å²) in [7, 11) is 0. The molecule has 33 heavy (non-hydrogen) atoms. The summed E-state index contributed by atoms with van der Waals surface area (Å²) in [6, 6.07) is 4.04. The van der Waals surface area contributed by atoms with E-state index >= 15 is 0 Å². The highest BCUT2D eigenvalue weighted by molar-refractivity contribution is 8.26. The molecule has 3 aliphatic rings. The topological polar surface area (TPSA) is 57.9 Å². The Morgan fingerprint density at radius 2 is 1.82 bits per heavy atom. The van der Waals surface area contributed by atoms with Crippen LogP contribution in [0.1, 0.15) is 63.0 Å². The van der Waals surface area contributed by atoms with E-state index in [1.165, 1.54) is 18.2 Å². The van der Waals surface area contributed by atoms with E-state index < -0.39 is 0 Å². The smallest absolute Gasteiger partial charge is 0.267 e. The summed E-state index contributed by atoms with van der Waals surface area (Å²) in [6.45, 7) is 5.94. The van der Waals surface area contributed by atoms with Crippen molar-refractivity contribution in [3.8, 4) is 0 Å². The van der Waals surface area contributed by atoms with Crippen LogP contribution < -0.4 is 10.5 Å². The largest absolute Gasteiger partial charge is 0.356 e. The lowest BCUT2D eigenvalue weighted by molar-refractivity contribution is -0.124. The van der Waals surface area contributed by atoms with Crippen molar-refractivity contribution in [3.05, 3.63) is 44.7 Å². The standard InChI is InChI=1S/C25H30N4O2S2/c1-16-10-12-27(13-11-16)22-19(23(30)28-15-17(2)8-9-21(28)26-22)14-20-24(31)29(25(32)33-20)18-6-4-3-5-7-18/h8-9,14-16,18H,3-7,10-13H2,1-2H3. The van der Waals surface area contributed by atoms with Crippen molar-refractivity contribution < 1.29 is 4.79 Å². The number of thiocarbonyl (C=S) groups is 1. The Bertz CT molecular complexity index is 1190. The average molecular weight is 483 g/mol. The van der Waals surface area contributed by atoms with E-state index in [4.69, 9.17) is 17.2 Å². The summed E-state index contributed by atoms with van der Waals surface area (Å²) in [5.41, 5.74) is 1.96. The van der Waals surface area contributed by atoms with Crippen LogP contribution in [0.25, 0.3) is 11.7 Å². The number of carbonyl (C=O) groups excluding carboxylic acids is 1. The van der Waals surface area contributed by atoms with Gasteiger partial charge < -0.3 is 4.90 Å². The van der Waals surface area contributed by atoms with Crippen LogP contribution in [0.2, 0.25) is 0 Å². The molecule has 1 saturated carbocycles. The third kappa shape index (κ3) is 4.35. The number of nitrogens with zero attached hydrogens (tertiary/aromatic N) is 4. The van der Waals surface area contributed by atoms with Crippen molar-refractivity contribution >= 4 is 51.7 Å². The lowest BCUT2D eigenvalue weighted by Gasteiger charge is -2.32. The second-order valence-corrected chi connectivity index (χ2v) is 11.3. The molecule has 2 aromatic heterocycles. The third-order valence-corrected chi connectivity index (χ3v) is 8.44. The molecular weight excluding hydrogens is 452 g/mol. The van der Waals surface area contributed by atoms with Crippen LogP contribution in [-0.4, -0.2) is 43.6 Å². The molecule has 8 heteroatoms. The zero-order valence-electron chi connectivity index (χ0n) is 19.2. The monoisotopic (exact) mass is 482 g/mol. The fourth-order valence-corrected chi connectivity index (χ4v) is 6.48. The van der Waals surface area contributed by atoms with E-state index in [2.05, 4.69) is 11.8 Å². The number of aryl methyl sites for hydroxylation is 1. The molecular formula is C25H30N4O2S2. The summed E-state index contributed by atoms with van der Waals surface area (Å²) >= 11 is 6.93. The van der Waals surface area contributed by atoms with Crippen molar-refractivity contribution in [1.82, 2.24) is 14.3 Å². The number of piperidine rings is 1. The Labute approximate surface area is 204 Å². The summed E-state index contributed by atoms with van der Waals surface area (Å²) in [6.07, 6.45) is 11.2. The van der Waals surface area contributed by atoms with E-state index in [0.717, 1.165) is 57.2 Å². The molecule has 1 amide bonds. The van der Waals surface area contributed by atoms with Crippen LogP contribution >= 0.6 is 24.0 Å². The Hall–Kier alpha value is -2.19. The number of pyridine rings is 1. The normalized spacial score (nSPS) is 22.2. The molecule has 0 aromatic carbocycles. The molecule has 5 rings (SSSR count). The Morgan fingerprint density at radius 1 is 1.09 bits per heavy atom. The maximum absolute atomic E-state index is 13.7. The van der Waals surface area contributed by atoms with E-state index in [1.807, 2.05) is 25.3 Å². The minimum absolute atomic E-state index is 0.0659. The van der Waals surface area contributed by atoms with Gasteiger partial charge in [0, 0.05) is 25.3 Å². The molecule has 0 N–H and O–H groups in total. The predicted octanol–water partition coefficient (Wildman–Crippen LogP) is 4.77. The van der Waals surface area contributed by atoms with E-state index in [9.17, 15) is 9.59 Å². The minimum Gasteiger partial charge on any atom is -0.356 e. The van der Waals surface area contributed by atoms with E-state index in [1.54, 1.807) is 15.4 Å². The number of hydrogen-bond acceptors (Lipinski definition) is 6. The fraction of sp³-hybridized carbons (Fsp3) is 0.520. The van der Waals surface area contributed by atoms with Gasteiger partial charge in [-0.05, 0) is 56.2 Å². The van der Waals surface area contributed by atoms with Gasteiger partial charge in [0.2, 0.25) is 0 Å². The highest BCUT2D eigenvalue weighted by atomic mass is 32.2. The number of aromatic nitrogens is 2. The van der Waals surface area contributed by atoms with Crippen LogP contribution in [0.15, 0.2) is 28.0 Å². The molecule has 174 valence electrons. The van der Waals surface area contributed by atoms with Gasteiger partial charge in [-0.3, -0.25) is 18.9 Å². The third-order valence-electron chi connectivity index (χ3n) is 7.11. The van der Waals surface area contributed by atoms with Crippen LogP contribution in [-0.2, 0) is 4.79 Å². The van der Waals surface area contributed by atoms with E-state index in [-0.39, 0.29) is 17.5 Å². The Kier molecular flexibility index (Phi) is 6.31. The molecule has 6 nitrogen and oxygen atoms in total. The highest BCUT2D eigenvalue weighted by Gasteiger charge is 2.38. The zero-order chi connectivity index (χ0) is 23.1. The van der Waals surface area contributed by atoms with Crippen molar-refractivity contribution in [2.24, 2.45) is 5.92 Å². The van der Waals surface area contributed by atoms with E-state index in [0.29, 0.717) is 32.2 Å². The van der Waals surface area contributed by atoms with Gasteiger partial charge in [0.15, 0.2) is 0 Å². The number of fused-ring (bicyclic) bond motifs is 1. The summed E-state index contributed by atoms with van der Waals surface area (Å²) < 4.78 is 2.20. The van der Waals surface area contributed by atoms with Crippen LogP contribution in [0.5, 0.6) is 0 Å². The molecule has 0 spiro atoms. The molecule has 0 radical (unpaired) electrons. The Morgan fingerprint density at radius 3 is 2.55 bits per heavy atom. The first-order chi connectivity index (χ1) is 15.9. The number of rotatable bonds is 3. The van der Waals surface area contributed by atoms with Crippen molar-refractivity contribution in [3.63, 3.8) is 0 Å². The molecule has 2 aliphatic heterocycles. The number of carbonyl (C=O) groups is 1. The molecule has 0 bridgehead atoms. The first-order valence-corrected chi connectivity index (χ1v) is 13.2. The second kappa shape index (κ2) is 9.22. The summed E-state index contributed by atoms with van der Waals surface area (Å²) in [4.78, 5) is 36.5. The number of amides is 1. The van der Waals surface area contributed by atoms with Gasteiger partial charge >= 0.3 is 0 Å². The van der Waals surface area contributed by atoms with Gasteiger partial charge in [-0.2, -0.15) is 0 Å². The fourth-order valence-electron chi connectivity index (χ4n) is 5.10. The second-order valence-electron chi connectivity index (χ2n) is 9.60. The summed E-state index contributed by atoms with van der Waals surface area (Å²) in [5.74, 6) is 1.28. The highest BCUT2D eigenvalue weighted by Crippen LogP contribution is 2.38. The number of thioether (sulfide) groups is 1. The number of hydrogen-bond donors (Lipinski definition) is 0. The zero-order valence-corrected chi connectivity index (χ0v) is 20.9. The van der Waals surface area contributed by atoms with Gasteiger partial charge in [-0.1, -0.05) is 56.2 Å². The SMILES string of the molecule is Cc1ccc2nc(N3CCC(C)CC3)c(C=C3SC(=S)N(C4CCCCC4)C3=O)c(=O)n2c1. The van der Waals surface area contributed by atoms with Gasteiger partial charge in [0.25, 0.3) is 11.5 Å². The molecule has 2 saturated heterocycles. The van der Waals surface area contributed by atoms with Gasteiger partial charge in [-0.25, -0.2) is 4.98 Å². The quantitative estimate of drug-likeness (QED) is 0.464. The van der Waals surface area contributed by atoms with Crippen molar-refractivity contribution in [1.29, 1.82) is 0 Å². The van der Waals surface area contributed by atoms with Gasteiger partial charge in [0.1, 0.15) is 15.8 Å². The molecule has 3 fully saturated rings. The first-order valence-electron chi connectivity index (χ1n) is 12.0. The maximum Gasteiger partial charge on any atom is 0.267 e. The van der Waals surface area contributed by atoms with Crippen molar-refractivity contribution in [2.75, 3.05) is 18.0 Å². The lowest BCUT2D eigenvalue weighted by atomic mass is 9.94. The molecule has 1 aliphatic carbocycles. The van der Waals surface area contributed by atoms with Crippen LogP contribution in [0, 0.1) is 12.8 Å². The lowest BCUT2D eigenvalue weighted by Crippen LogP contribution is -2.39. The molecule has 2 aromatic rings. The molecule has 4 heterocycles. The van der Waals surface area contributed by atoms with Gasteiger partial charge in [0.05, 0.1) is 10.5 Å². The Balaban J connectivity index is 1.59. The average Bonchev–Trinajstić information content (AvgIpc) is 3.10. The summed E-state index contributed by atoms with van der Waals surface area (Å²) in [5, 5.41) is 0. The first kappa shape index (κ1) is 22.6. The number of anilines is 1. The molecule has 0 atom stereocenters. The van der Waals surface area contributed by atoms with Crippen LogP contribution in [0.3, 0.4) is 0 Å². The van der Waals surface area contributed by atoms with Crippen LogP contribution in [0.4, 0.5) is 5.82 Å². The minimum atomic E-state index is -0.139. The van der Waals surface area contributed by atoms with Crippen molar-refractivity contribution in [2.45, 2.75) is 64.8 Å². The molecule has 0 unspecified atom stereocenters. The maximum atomic E-state index is 13.7. The van der Waals surface area contributed by atoms with Gasteiger partial charge in [-0.15, -0.1) is 0 Å².